The lowest BCUT2D eigenvalue weighted by atomic mass is 9.95. The number of nitrogens with one attached hydrogen (secondary N) is 1. The van der Waals surface area contributed by atoms with Gasteiger partial charge < -0.3 is 25.6 Å². The number of likely N-dealkylation sites (N-methyl/N-ethyl adjacent to an activating group) is 1. The summed E-state index contributed by atoms with van der Waals surface area (Å²) in [4.78, 5) is 31.7. The molecule has 1 heterocycles. The average molecular weight is 390 g/mol. The zero-order valence-electron chi connectivity index (χ0n) is 17.0. The number of carbonyl (C=O) groups excluding carboxylic acids is 2. The second-order valence-corrected chi connectivity index (χ2v) is 7.25. The predicted octanol–water partition coefficient (Wildman–Crippen LogP) is 0.816. The van der Waals surface area contributed by atoms with Crippen LogP contribution in [-0.4, -0.2) is 68.4 Å². The van der Waals surface area contributed by atoms with Crippen LogP contribution < -0.4 is 15.8 Å². The number of carbonyl (C=O) groups is 2. The maximum absolute atomic E-state index is 12.0. The van der Waals surface area contributed by atoms with Crippen molar-refractivity contribution in [2.24, 2.45) is 16.6 Å². The molecule has 1 aliphatic heterocycles. The highest BCUT2D eigenvalue weighted by Crippen LogP contribution is 2.20. The Bertz CT molecular complexity index is 688. The SMILES string of the molecule is COc1ccc(CN=C(NCC(=O)N(C)C)N2CCCC(CC(N)=O)C2)cc1. The van der Waals surface area contributed by atoms with Crippen molar-refractivity contribution < 1.29 is 14.3 Å². The van der Waals surface area contributed by atoms with Crippen molar-refractivity contribution in [1.29, 1.82) is 0 Å². The standard InChI is InChI=1S/C20H31N5O3/c1-24(2)19(27)13-23-20(22-12-15-6-8-17(28-3)9-7-15)25-10-4-5-16(14-25)11-18(21)26/h6-9,16H,4-5,10-14H2,1-3H3,(H2,21,26)(H,22,23). The Morgan fingerprint density at radius 3 is 2.64 bits per heavy atom. The highest BCUT2D eigenvalue weighted by Gasteiger charge is 2.24. The van der Waals surface area contributed by atoms with Crippen LogP contribution in [0.4, 0.5) is 0 Å². The van der Waals surface area contributed by atoms with Crippen LogP contribution in [0.1, 0.15) is 24.8 Å². The van der Waals surface area contributed by atoms with Gasteiger partial charge in [-0.1, -0.05) is 12.1 Å². The van der Waals surface area contributed by atoms with E-state index < -0.39 is 0 Å². The molecule has 1 saturated heterocycles. The molecule has 28 heavy (non-hydrogen) atoms. The molecule has 0 bridgehead atoms. The first-order valence-electron chi connectivity index (χ1n) is 9.53. The molecule has 1 unspecified atom stereocenters. The molecule has 1 fully saturated rings. The molecule has 0 aliphatic carbocycles. The van der Waals surface area contributed by atoms with Crippen molar-refractivity contribution in [3.05, 3.63) is 29.8 Å². The topological polar surface area (TPSA) is 100 Å². The zero-order chi connectivity index (χ0) is 20.5. The van der Waals surface area contributed by atoms with Crippen LogP contribution in [0.2, 0.25) is 0 Å². The summed E-state index contributed by atoms with van der Waals surface area (Å²) < 4.78 is 5.18. The summed E-state index contributed by atoms with van der Waals surface area (Å²) in [7, 11) is 5.08. The van der Waals surface area contributed by atoms with Gasteiger partial charge in [0.1, 0.15) is 5.75 Å². The summed E-state index contributed by atoms with van der Waals surface area (Å²) in [5.41, 5.74) is 6.42. The number of hydrogen-bond donors (Lipinski definition) is 2. The van der Waals surface area contributed by atoms with Gasteiger partial charge in [0.15, 0.2) is 5.96 Å². The van der Waals surface area contributed by atoms with E-state index in [1.807, 2.05) is 24.3 Å². The fourth-order valence-corrected chi connectivity index (χ4v) is 3.19. The summed E-state index contributed by atoms with van der Waals surface area (Å²) in [6, 6.07) is 7.74. The molecule has 1 aromatic rings. The number of aliphatic imine (C=N–C) groups is 1. The Kier molecular flexibility index (Phi) is 8.10. The van der Waals surface area contributed by atoms with Crippen molar-refractivity contribution in [1.82, 2.24) is 15.1 Å². The zero-order valence-corrected chi connectivity index (χ0v) is 17.0. The van der Waals surface area contributed by atoms with Crippen LogP contribution in [0, 0.1) is 5.92 Å². The summed E-state index contributed by atoms with van der Waals surface area (Å²) in [6.45, 7) is 2.19. The molecule has 1 atom stereocenters. The van der Waals surface area contributed by atoms with Gasteiger partial charge in [-0.05, 0) is 36.5 Å². The van der Waals surface area contributed by atoms with Crippen molar-refractivity contribution >= 4 is 17.8 Å². The van der Waals surface area contributed by atoms with Crippen molar-refractivity contribution in [2.75, 3.05) is 40.8 Å². The van der Waals surface area contributed by atoms with E-state index in [4.69, 9.17) is 15.5 Å². The minimum atomic E-state index is -0.278. The fourth-order valence-electron chi connectivity index (χ4n) is 3.19. The summed E-state index contributed by atoms with van der Waals surface area (Å²) >= 11 is 0. The van der Waals surface area contributed by atoms with Gasteiger partial charge in [-0.25, -0.2) is 4.99 Å². The minimum Gasteiger partial charge on any atom is -0.497 e. The van der Waals surface area contributed by atoms with E-state index in [1.165, 1.54) is 0 Å². The number of hydrogen-bond acceptors (Lipinski definition) is 4. The maximum Gasteiger partial charge on any atom is 0.241 e. The average Bonchev–Trinajstić information content (AvgIpc) is 2.67. The summed E-state index contributed by atoms with van der Waals surface area (Å²) in [5.74, 6) is 1.39. The lowest BCUT2D eigenvalue weighted by Crippen LogP contribution is -2.49. The van der Waals surface area contributed by atoms with E-state index in [0.717, 1.165) is 30.7 Å². The first-order valence-corrected chi connectivity index (χ1v) is 9.53. The Labute approximate surface area is 166 Å². The second-order valence-electron chi connectivity index (χ2n) is 7.25. The Morgan fingerprint density at radius 1 is 1.32 bits per heavy atom. The molecule has 3 N–H and O–H groups in total. The van der Waals surface area contributed by atoms with E-state index in [1.54, 1.807) is 26.1 Å². The van der Waals surface area contributed by atoms with E-state index in [-0.39, 0.29) is 24.3 Å². The number of guanidine groups is 1. The minimum absolute atomic E-state index is 0.0251. The Balaban J connectivity index is 2.10. The smallest absolute Gasteiger partial charge is 0.241 e. The molecule has 0 spiro atoms. The number of amides is 2. The number of benzene rings is 1. The monoisotopic (exact) mass is 389 g/mol. The van der Waals surface area contributed by atoms with Crippen molar-refractivity contribution in [3.8, 4) is 5.75 Å². The second kappa shape index (κ2) is 10.5. The van der Waals surface area contributed by atoms with Gasteiger partial charge in [-0.3, -0.25) is 9.59 Å². The molecule has 154 valence electrons. The summed E-state index contributed by atoms with van der Waals surface area (Å²) in [5, 5.41) is 3.18. The number of rotatable bonds is 7. The molecule has 1 aliphatic rings. The molecule has 2 amide bonds. The van der Waals surface area contributed by atoms with Crippen LogP contribution in [0.3, 0.4) is 0 Å². The first-order chi connectivity index (χ1) is 13.4. The number of methoxy groups -OCH3 is 1. The van der Waals surface area contributed by atoms with Crippen LogP contribution in [-0.2, 0) is 16.1 Å². The van der Waals surface area contributed by atoms with Gasteiger partial charge >= 0.3 is 0 Å². The van der Waals surface area contributed by atoms with Gasteiger partial charge in [-0.15, -0.1) is 0 Å². The largest absolute Gasteiger partial charge is 0.497 e. The lowest BCUT2D eigenvalue weighted by molar-refractivity contribution is -0.127. The highest BCUT2D eigenvalue weighted by molar-refractivity contribution is 5.86. The maximum atomic E-state index is 12.0. The fraction of sp³-hybridized carbons (Fsp3) is 0.550. The van der Waals surface area contributed by atoms with Gasteiger partial charge in [0.05, 0.1) is 20.2 Å². The third-order valence-electron chi connectivity index (χ3n) is 4.78. The highest BCUT2D eigenvalue weighted by atomic mass is 16.5. The quantitative estimate of drug-likeness (QED) is 0.531. The predicted molar refractivity (Wildman–Crippen MR) is 109 cm³/mol. The third-order valence-corrected chi connectivity index (χ3v) is 4.78. The van der Waals surface area contributed by atoms with Gasteiger partial charge in [0, 0.05) is 33.6 Å². The van der Waals surface area contributed by atoms with E-state index in [0.29, 0.717) is 25.5 Å². The van der Waals surface area contributed by atoms with E-state index in [2.05, 4.69) is 10.2 Å². The van der Waals surface area contributed by atoms with Crippen molar-refractivity contribution in [2.45, 2.75) is 25.8 Å². The Hall–Kier alpha value is -2.77. The molecule has 2 rings (SSSR count). The molecule has 0 radical (unpaired) electrons. The number of piperidine rings is 1. The van der Waals surface area contributed by atoms with E-state index >= 15 is 0 Å². The third kappa shape index (κ3) is 6.75. The molecule has 8 nitrogen and oxygen atoms in total. The number of nitrogens with two attached hydrogens (primary N) is 1. The van der Waals surface area contributed by atoms with Gasteiger partial charge in [0.2, 0.25) is 11.8 Å². The summed E-state index contributed by atoms with van der Waals surface area (Å²) in [6.07, 6.45) is 2.31. The normalized spacial score (nSPS) is 17.2. The molecule has 0 saturated carbocycles. The van der Waals surface area contributed by atoms with E-state index in [9.17, 15) is 9.59 Å². The first kappa shape index (κ1) is 21.5. The number of likely N-dealkylation sites (tertiary alicyclic amines) is 1. The number of nitrogens with zero attached hydrogens (tertiary/aromatic N) is 3. The van der Waals surface area contributed by atoms with Crippen LogP contribution in [0.15, 0.2) is 29.3 Å². The van der Waals surface area contributed by atoms with Gasteiger partial charge in [0.25, 0.3) is 0 Å². The lowest BCUT2D eigenvalue weighted by Gasteiger charge is -2.34. The molecule has 1 aromatic carbocycles. The van der Waals surface area contributed by atoms with Crippen LogP contribution in [0.25, 0.3) is 0 Å². The van der Waals surface area contributed by atoms with Crippen LogP contribution >= 0.6 is 0 Å². The molecule has 0 aromatic heterocycles. The molecular formula is C20H31N5O3. The number of primary amides is 1. The van der Waals surface area contributed by atoms with Crippen LogP contribution in [0.5, 0.6) is 5.75 Å². The van der Waals surface area contributed by atoms with Crippen molar-refractivity contribution in [3.63, 3.8) is 0 Å². The molecule has 8 heteroatoms. The Morgan fingerprint density at radius 2 is 2.04 bits per heavy atom. The number of ether oxygens (including phenoxy) is 1. The van der Waals surface area contributed by atoms with Gasteiger partial charge in [-0.2, -0.15) is 0 Å². The molecular weight excluding hydrogens is 358 g/mol.